The van der Waals surface area contributed by atoms with E-state index in [0.717, 1.165) is 0 Å². The van der Waals surface area contributed by atoms with E-state index in [4.69, 9.17) is 0 Å². The fraction of sp³-hybridized carbons (Fsp3) is 0.857. The highest BCUT2D eigenvalue weighted by Gasteiger charge is 2.36. The zero-order valence-electron chi connectivity index (χ0n) is 6.84. The summed E-state index contributed by atoms with van der Waals surface area (Å²) in [5, 5.41) is 9.39. The van der Waals surface area contributed by atoms with Gasteiger partial charge in [0.15, 0.2) is 0 Å². The Bertz CT molecular complexity index is 121. The van der Waals surface area contributed by atoms with Gasteiger partial charge in [0.2, 0.25) is 0 Å². The van der Waals surface area contributed by atoms with Crippen LogP contribution in [0.3, 0.4) is 0 Å². The number of carbonyl (C=O) groups is 1. The van der Waals surface area contributed by atoms with Gasteiger partial charge in [-0.25, -0.2) is 0 Å². The van der Waals surface area contributed by atoms with E-state index in [1.807, 2.05) is 0 Å². The Hall–Kier alpha value is -0.570. The molecule has 0 aliphatic carbocycles. The summed E-state index contributed by atoms with van der Waals surface area (Å²) in [4.78, 5) is 9.93. The van der Waals surface area contributed by atoms with E-state index in [9.17, 15) is 9.90 Å². The van der Waals surface area contributed by atoms with Crippen molar-refractivity contribution < 1.29 is 14.6 Å². The molecule has 0 radical (unpaired) electrons. The van der Waals surface area contributed by atoms with Crippen LogP contribution < -0.4 is 0 Å². The Morgan fingerprint density at radius 2 is 1.70 bits per heavy atom. The number of hydrogen-bond acceptors (Lipinski definition) is 3. The van der Waals surface area contributed by atoms with Crippen LogP contribution in [0.2, 0.25) is 0 Å². The standard InChI is InChI=1S/C7H14O3/c1-6(2,9)7(3,4)10-5-8/h5,9H,1-4H3. The van der Waals surface area contributed by atoms with Crippen molar-refractivity contribution in [2.24, 2.45) is 0 Å². The summed E-state index contributed by atoms with van der Waals surface area (Å²) in [6.07, 6.45) is 0. The largest absolute Gasteiger partial charge is 0.459 e. The molecule has 0 saturated heterocycles. The van der Waals surface area contributed by atoms with Gasteiger partial charge in [0, 0.05) is 0 Å². The lowest BCUT2D eigenvalue weighted by Crippen LogP contribution is -2.46. The molecule has 3 heteroatoms. The minimum absolute atomic E-state index is 0.345. The lowest BCUT2D eigenvalue weighted by atomic mass is 9.90. The van der Waals surface area contributed by atoms with Crippen LogP contribution in [-0.2, 0) is 9.53 Å². The summed E-state index contributed by atoms with van der Waals surface area (Å²) >= 11 is 0. The van der Waals surface area contributed by atoms with Crippen molar-refractivity contribution >= 4 is 6.47 Å². The molecule has 0 aromatic rings. The van der Waals surface area contributed by atoms with E-state index >= 15 is 0 Å². The van der Waals surface area contributed by atoms with Crippen LogP contribution in [0.15, 0.2) is 0 Å². The number of rotatable bonds is 3. The SMILES string of the molecule is CC(C)(O)C(C)(C)OC=O. The van der Waals surface area contributed by atoms with E-state index in [2.05, 4.69) is 4.74 Å². The highest BCUT2D eigenvalue weighted by Crippen LogP contribution is 2.23. The first kappa shape index (κ1) is 9.43. The molecule has 60 valence electrons. The third kappa shape index (κ3) is 1.99. The first-order valence-corrected chi connectivity index (χ1v) is 3.15. The maximum Gasteiger partial charge on any atom is 0.293 e. The van der Waals surface area contributed by atoms with Crippen LogP contribution >= 0.6 is 0 Å². The average molecular weight is 146 g/mol. The van der Waals surface area contributed by atoms with Crippen molar-refractivity contribution in [3.8, 4) is 0 Å². The fourth-order valence-corrected chi connectivity index (χ4v) is 0.264. The molecule has 0 aliphatic heterocycles. The summed E-state index contributed by atoms with van der Waals surface area (Å²) in [6.45, 7) is 6.84. The van der Waals surface area contributed by atoms with Crippen molar-refractivity contribution in [3.63, 3.8) is 0 Å². The molecule has 10 heavy (non-hydrogen) atoms. The second-order valence-electron chi connectivity index (χ2n) is 3.28. The van der Waals surface area contributed by atoms with Crippen LogP contribution in [0, 0.1) is 0 Å². The van der Waals surface area contributed by atoms with Gasteiger partial charge in [-0.1, -0.05) is 0 Å². The van der Waals surface area contributed by atoms with Gasteiger partial charge in [0.1, 0.15) is 5.60 Å². The van der Waals surface area contributed by atoms with E-state index in [1.165, 1.54) is 0 Å². The van der Waals surface area contributed by atoms with Gasteiger partial charge in [0.05, 0.1) is 5.60 Å². The Kier molecular flexibility index (Phi) is 2.43. The van der Waals surface area contributed by atoms with Crippen LogP contribution in [0.4, 0.5) is 0 Å². The molecular formula is C7H14O3. The summed E-state index contributed by atoms with van der Waals surface area (Å²) < 4.78 is 4.66. The van der Waals surface area contributed by atoms with E-state index in [0.29, 0.717) is 6.47 Å². The van der Waals surface area contributed by atoms with Gasteiger partial charge in [0.25, 0.3) is 6.47 Å². The molecule has 0 heterocycles. The molecule has 0 fully saturated rings. The van der Waals surface area contributed by atoms with E-state index in [1.54, 1.807) is 27.7 Å². The number of ether oxygens (including phenoxy) is 1. The molecule has 0 bridgehead atoms. The van der Waals surface area contributed by atoms with Crippen LogP contribution in [0.5, 0.6) is 0 Å². The number of hydrogen-bond donors (Lipinski definition) is 1. The lowest BCUT2D eigenvalue weighted by Gasteiger charge is -2.34. The third-order valence-corrected chi connectivity index (χ3v) is 1.82. The first-order chi connectivity index (χ1) is 4.31. The molecule has 0 aliphatic rings. The molecule has 0 rings (SSSR count). The molecule has 0 aromatic heterocycles. The maximum atomic E-state index is 9.93. The fourth-order valence-electron chi connectivity index (χ4n) is 0.264. The molecule has 0 saturated carbocycles. The number of carbonyl (C=O) groups excluding carboxylic acids is 1. The van der Waals surface area contributed by atoms with Gasteiger partial charge in [-0.2, -0.15) is 0 Å². The van der Waals surface area contributed by atoms with Crippen LogP contribution in [-0.4, -0.2) is 22.8 Å². The van der Waals surface area contributed by atoms with Crippen molar-refractivity contribution in [1.29, 1.82) is 0 Å². The molecule has 0 amide bonds. The minimum Gasteiger partial charge on any atom is -0.459 e. The summed E-state index contributed by atoms with van der Waals surface area (Å²) in [6, 6.07) is 0. The molecule has 0 spiro atoms. The lowest BCUT2D eigenvalue weighted by molar-refractivity contribution is -0.165. The second kappa shape index (κ2) is 2.58. The smallest absolute Gasteiger partial charge is 0.293 e. The quantitative estimate of drug-likeness (QED) is 0.596. The summed E-state index contributed by atoms with van der Waals surface area (Å²) in [7, 11) is 0. The van der Waals surface area contributed by atoms with Gasteiger partial charge in [-0.05, 0) is 27.7 Å². The predicted octanol–water partition coefficient (Wildman–Crippen LogP) is 0.709. The van der Waals surface area contributed by atoms with E-state index < -0.39 is 11.2 Å². The first-order valence-electron chi connectivity index (χ1n) is 3.15. The van der Waals surface area contributed by atoms with Gasteiger partial charge >= 0.3 is 0 Å². The summed E-state index contributed by atoms with van der Waals surface area (Å²) in [5.41, 5.74) is -1.83. The molecule has 1 N–H and O–H groups in total. The topological polar surface area (TPSA) is 46.5 Å². The normalized spacial score (nSPS) is 12.9. The van der Waals surface area contributed by atoms with Crippen LogP contribution in [0.1, 0.15) is 27.7 Å². The van der Waals surface area contributed by atoms with Gasteiger partial charge in [-0.3, -0.25) is 4.79 Å². The van der Waals surface area contributed by atoms with Crippen molar-refractivity contribution in [2.75, 3.05) is 0 Å². The molecule has 0 aromatic carbocycles. The molecule has 0 atom stereocenters. The zero-order chi connectivity index (χ0) is 8.41. The Balaban J connectivity index is 4.23. The van der Waals surface area contributed by atoms with Gasteiger partial charge in [-0.15, -0.1) is 0 Å². The highest BCUT2D eigenvalue weighted by atomic mass is 16.6. The molecule has 3 nitrogen and oxygen atoms in total. The number of aliphatic hydroxyl groups is 1. The van der Waals surface area contributed by atoms with E-state index in [-0.39, 0.29) is 0 Å². The highest BCUT2D eigenvalue weighted by molar-refractivity contribution is 5.38. The Labute approximate surface area is 61.0 Å². The Morgan fingerprint density at radius 3 is 1.80 bits per heavy atom. The second-order valence-corrected chi connectivity index (χ2v) is 3.28. The van der Waals surface area contributed by atoms with Crippen molar-refractivity contribution in [3.05, 3.63) is 0 Å². The van der Waals surface area contributed by atoms with Crippen molar-refractivity contribution in [2.45, 2.75) is 38.9 Å². The monoisotopic (exact) mass is 146 g/mol. The van der Waals surface area contributed by atoms with Crippen molar-refractivity contribution in [1.82, 2.24) is 0 Å². The predicted molar refractivity (Wildman–Crippen MR) is 37.5 cm³/mol. The molecular weight excluding hydrogens is 132 g/mol. The summed E-state index contributed by atoms with van der Waals surface area (Å²) in [5.74, 6) is 0. The van der Waals surface area contributed by atoms with Crippen LogP contribution in [0.25, 0.3) is 0 Å². The minimum atomic E-state index is -1.01. The third-order valence-electron chi connectivity index (χ3n) is 1.82. The average Bonchev–Trinajstić information content (AvgIpc) is 1.61. The zero-order valence-corrected chi connectivity index (χ0v) is 6.84. The Morgan fingerprint density at radius 1 is 1.30 bits per heavy atom. The molecule has 0 unspecified atom stereocenters. The van der Waals surface area contributed by atoms with Gasteiger partial charge < -0.3 is 9.84 Å². The maximum absolute atomic E-state index is 9.93.